The van der Waals surface area contributed by atoms with E-state index in [0.717, 1.165) is 17.4 Å². The van der Waals surface area contributed by atoms with Crippen molar-refractivity contribution < 1.29 is 0 Å². The van der Waals surface area contributed by atoms with Gasteiger partial charge in [-0.25, -0.2) is 4.99 Å². The lowest BCUT2D eigenvalue weighted by Gasteiger charge is -2.25. The average molecular weight is 282 g/mol. The second-order valence-corrected chi connectivity index (χ2v) is 4.98. The summed E-state index contributed by atoms with van der Waals surface area (Å²) in [7, 11) is 0. The molecule has 2 nitrogen and oxygen atoms in total. The van der Waals surface area contributed by atoms with Gasteiger partial charge in [0.2, 0.25) is 0 Å². The van der Waals surface area contributed by atoms with Gasteiger partial charge in [0.1, 0.15) is 0 Å². The number of thioether (sulfide) groups is 1. The monoisotopic (exact) mass is 282 g/mol. The Hall–Kier alpha value is -2.00. The summed E-state index contributed by atoms with van der Waals surface area (Å²) in [5, 5.41) is 0.940. The normalized spacial score (nSPS) is 11.2. The molecule has 0 bridgehead atoms. The second kappa shape index (κ2) is 7.56. The van der Waals surface area contributed by atoms with Gasteiger partial charge in [0, 0.05) is 11.9 Å². The standard InChI is InChI=1S/C17H18N2S/c1-3-18-17(20-2)19(16-12-8-5-9-13-16)14-15-10-6-4-7-11-15/h3-13H,1,14H2,2H3. The molecule has 0 saturated carbocycles. The van der Waals surface area contributed by atoms with Gasteiger partial charge in [-0.2, -0.15) is 0 Å². The van der Waals surface area contributed by atoms with Crippen LogP contribution < -0.4 is 4.90 Å². The van der Waals surface area contributed by atoms with E-state index in [4.69, 9.17) is 0 Å². The van der Waals surface area contributed by atoms with Crippen molar-refractivity contribution in [1.82, 2.24) is 0 Å². The molecule has 0 aromatic heterocycles. The van der Waals surface area contributed by atoms with Crippen molar-refractivity contribution in [2.24, 2.45) is 4.99 Å². The summed E-state index contributed by atoms with van der Waals surface area (Å²) >= 11 is 1.62. The highest BCUT2D eigenvalue weighted by Gasteiger charge is 2.12. The number of benzene rings is 2. The Morgan fingerprint density at radius 2 is 1.70 bits per heavy atom. The van der Waals surface area contributed by atoms with Crippen LogP contribution in [0.4, 0.5) is 5.69 Å². The molecule has 0 N–H and O–H groups in total. The third-order valence-electron chi connectivity index (χ3n) is 2.87. The topological polar surface area (TPSA) is 15.6 Å². The molecule has 20 heavy (non-hydrogen) atoms. The van der Waals surface area contributed by atoms with Crippen LogP contribution in [0.1, 0.15) is 5.56 Å². The molecule has 0 aliphatic carbocycles. The van der Waals surface area contributed by atoms with Gasteiger partial charge < -0.3 is 4.90 Å². The Morgan fingerprint density at radius 3 is 2.25 bits per heavy atom. The maximum atomic E-state index is 4.38. The van der Waals surface area contributed by atoms with E-state index in [1.54, 1.807) is 18.0 Å². The molecule has 0 fully saturated rings. The van der Waals surface area contributed by atoms with Crippen molar-refractivity contribution in [3.8, 4) is 0 Å². The molecule has 0 spiro atoms. The SMILES string of the molecule is C=CN=C(SC)N(Cc1ccccc1)c1ccccc1. The van der Waals surface area contributed by atoms with Crippen LogP contribution in [0.15, 0.2) is 78.4 Å². The Balaban J connectivity index is 2.34. The Bertz CT molecular complexity index is 564. The lowest BCUT2D eigenvalue weighted by atomic mass is 10.2. The van der Waals surface area contributed by atoms with Gasteiger partial charge in [0.15, 0.2) is 5.17 Å². The summed E-state index contributed by atoms with van der Waals surface area (Å²) in [4.78, 5) is 6.58. The highest BCUT2D eigenvalue weighted by Crippen LogP contribution is 2.21. The zero-order chi connectivity index (χ0) is 14.2. The zero-order valence-corrected chi connectivity index (χ0v) is 12.4. The van der Waals surface area contributed by atoms with Crippen LogP contribution in [-0.2, 0) is 6.54 Å². The lowest BCUT2D eigenvalue weighted by molar-refractivity contribution is 1.01. The van der Waals surface area contributed by atoms with E-state index in [-0.39, 0.29) is 0 Å². The smallest absolute Gasteiger partial charge is 0.168 e. The number of hydrogen-bond donors (Lipinski definition) is 0. The van der Waals surface area contributed by atoms with Gasteiger partial charge in [-0.3, -0.25) is 0 Å². The molecule has 0 heterocycles. The van der Waals surface area contributed by atoms with Crippen LogP contribution in [-0.4, -0.2) is 11.4 Å². The van der Waals surface area contributed by atoms with Crippen LogP contribution >= 0.6 is 11.8 Å². The minimum atomic E-state index is 0.790. The van der Waals surface area contributed by atoms with Crippen molar-refractivity contribution >= 4 is 22.6 Å². The molecule has 0 atom stereocenters. The fourth-order valence-electron chi connectivity index (χ4n) is 1.95. The molecule has 3 heteroatoms. The molecule has 2 rings (SSSR count). The van der Waals surface area contributed by atoms with Crippen molar-refractivity contribution in [3.05, 3.63) is 79.0 Å². The number of aliphatic imine (C=N–C) groups is 1. The molecule has 102 valence electrons. The highest BCUT2D eigenvalue weighted by molar-refractivity contribution is 8.13. The number of nitrogens with zero attached hydrogens (tertiary/aromatic N) is 2. The van der Waals surface area contributed by atoms with E-state index < -0.39 is 0 Å². The first-order chi connectivity index (χ1) is 9.85. The minimum absolute atomic E-state index is 0.790. The maximum absolute atomic E-state index is 4.38. The van der Waals surface area contributed by atoms with Gasteiger partial charge in [-0.05, 0) is 24.0 Å². The summed E-state index contributed by atoms with van der Waals surface area (Å²) in [5.74, 6) is 0. The van der Waals surface area contributed by atoms with Gasteiger partial charge >= 0.3 is 0 Å². The van der Waals surface area contributed by atoms with Gasteiger partial charge in [-0.1, -0.05) is 66.9 Å². The van der Waals surface area contributed by atoms with Crippen molar-refractivity contribution in [2.75, 3.05) is 11.2 Å². The Kier molecular flexibility index (Phi) is 5.44. The number of anilines is 1. The van der Waals surface area contributed by atoms with Crippen LogP contribution in [0.25, 0.3) is 0 Å². The molecule has 0 radical (unpaired) electrons. The molecular formula is C17H18N2S. The fraction of sp³-hybridized carbons (Fsp3) is 0.118. The van der Waals surface area contributed by atoms with E-state index in [2.05, 4.69) is 52.9 Å². The molecule has 0 amide bonds. The number of hydrogen-bond acceptors (Lipinski definition) is 2. The minimum Gasteiger partial charge on any atom is -0.317 e. The summed E-state index contributed by atoms with van der Waals surface area (Å²) in [5.41, 5.74) is 2.38. The summed E-state index contributed by atoms with van der Waals surface area (Å²) in [6.45, 7) is 4.49. The van der Waals surface area contributed by atoms with Crippen molar-refractivity contribution in [1.29, 1.82) is 0 Å². The molecule has 2 aromatic rings. The van der Waals surface area contributed by atoms with Crippen LogP contribution in [0.5, 0.6) is 0 Å². The summed E-state index contributed by atoms with van der Waals surface area (Å²) in [6, 6.07) is 20.7. The number of para-hydroxylation sites is 1. The quantitative estimate of drug-likeness (QED) is 0.603. The lowest BCUT2D eigenvalue weighted by Crippen LogP contribution is -2.27. The molecule has 0 aliphatic rings. The van der Waals surface area contributed by atoms with Crippen LogP contribution in [0, 0.1) is 0 Å². The van der Waals surface area contributed by atoms with E-state index in [0.29, 0.717) is 0 Å². The molecule has 0 aliphatic heterocycles. The predicted molar refractivity (Wildman–Crippen MR) is 90.2 cm³/mol. The first-order valence-electron chi connectivity index (χ1n) is 6.44. The molecule has 2 aromatic carbocycles. The fourth-order valence-corrected chi connectivity index (χ4v) is 2.52. The molecule has 0 saturated heterocycles. The maximum Gasteiger partial charge on any atom is 0.168 e. The average Bonchev–Trinajstić information content (AvgIpc) is 2.52. The third kappa shape index (κ3) is 3.75. The number of rotatable bonds is 4. The Labute approximate surface area is 124 Å². The largest absolute Gasteiger partial charge is 0.317 e. The van der Waals surface area contributed by atoms with E-state index in [9.17, 15) is 0 Å². The van der Waals surface area contributed by atoms with Crippen LogP contribution in [0.3, 0.4) is 0 Å². The predicted octanol–water partition coefficient (Wildman–Crippen LogP) is 4.56. The van der Waals surface area contributed by atoms with E-state index in [1.165, 1.54) is 5.56 Å². The Morgan fingerprint density at radius 1 is 1.10 bits per heavy atom. The third-order valence-corrected chi connectivity index (χ3v) is 3.56. The molecular weight excluding hydrogens is 264 g/mol. The number of amidine groups is 1. The van der Waals surface area contributed by atoms with Gasteiger partial charge in [0.05, 0.1) is 6.54 Å². The second-order valence-electron chi connectivity index (χ2n) is 4.21. The zero-order valence-electron chi connectivity index (χ0n) is 11.6. The van der Waals surface area contributed by atoms with Gasteiger partial charge in [-0.15, -0.1) is 0 Å². The first-order valence-corrected chi connectivity index (χ1v) is 7.67. The summed E-state index contributed by atoms with van der Waals surface area (Å²) in [6.07, 6.45) is 3.62. The van der Waals surface area contributed by atoms with E-state index in [1.807, 2.05) is 30.5 Å². The first kappa shape index (κ1) is 14.4. The summed E-state index contributed by atoms with van der Waals surface area (Å²) < 4.78 is 0. The highest BCUT2D eigenvalue weighted by atomic mass is 32.2. The molecule has 0 unspecified atom stereocenters. The van der Waals surface area contributed by atoms with Crippen molar-refractivity contribution in [2.45, 2.75) is 6.54 Å². The van der Waals surface area contributed by atoms with E-state index >= 15 is 0 Å². The van der Waals surface area contributed by atoms with Gasteiger partial charge in [0.25, 0.3) is 0 Å². The van der Waals surface area contributed by atoms with Crippen molar-refractivity contribution in [3.63, 3.8) is 0 Å². The van der Waals surface area contributed by atoms with Crippen LogP contribution in [0.2, 0.25) is 0 Å².